The summed E-state index contributed by atoms with van der Waals surface area (Å²) in [6.45, 7) is 9.14. The number of likely N-dealkylation sites (tertiary alicyclic amines) is 1. The number of nitrogens with one attached hydrogen (secondary N) is 3. The molecule has 8 unspecified atom stereocenters. The fourth-order valence-corrected chi connectivity index (χ4v) is 8.46. The Bertz CT molecular complexity index is 1100. The van der Waals surface area contributed by atoms with E-state index in [1.165, 1.54) is 0 Å². The summed E-state index contributed by atoms with van der Waals surface area (Å²) in [5, 5.41) is 16.6. The molecule has 0 spiro atoms. The molecule has 1 aliphatic carbocycles. The first kappa shape index (κ1) is 41.5. The summed E-state index contributed by atoms with van der Waals surface area (Å²) in [5.74, 6) is 0.510. The van der Waals surface area contributed by atoms with Gasteiger partial charge in [-0.25, -0.2) is 0 Å². The molecule has 8 atom stereocenters. The molecule has 1 saturated heterocycles. The molecule has 0 bridgehead atoms. The van der Waals surface area contributed by atoms with Crippen LogP contribution >= 0.6 is 11.9 Å². The number of amides is 2. The molecule has 4 N–H and O–H groups in total. The van der Waals surface area contributed by atoms with Gasteiger partial charge in [0.05, 0.1) is 24.7 Å². The third-order valence-corrected chi connectivity index (χ3v) is 11.9. The van der Waals surface area contributed by atoms with Crippen molar-refractivity contribution in [2.24, 2.45) is 23.7 Å². The number of aliphatic hydroxyl groups excluding tert-OH is 1. The molecule has 49 heavy (non-hydrogen) atoms. The molecule has 1 heterocycles. The molecule has 10 nitrogen and oxygen atoms in total. The number of nitrogens with zero attached hydrogens (tertiary/aromatic N) is 2. The van der Waals surface area contributed by atoms with Crippen LogP contribution in [-0.2, 0) is 25.5 Å². The van der Waals surface area contributed by atoms with Crippen LogP contribution in [0.5, 0.6) is 0 Å². The van der Waals surface area contributed by atoms with E-state index >= 15 is 0 Å². The molecule has 1 aliphatic heterocycles. The van der Waals surface area contributed by atoms with Crippen LogP contribution in [0.3, 0.4) is 0 Å². The molecule has 280 valence electrons. The van der Waals surface area contributed by atoms with E-state index in [9.17, 15) is 14.7 Å². The predicted octanol–water partition coefficient (Wildman–Crippen LogP) is 4.82. The molecule has 1 aromatic carbocycles. The highest BCUT2D eigenvalue weighted by atomic mass is 32.2. The van der Waals surface area contributed by atoms with Crippen molar-refractivity contribution in [2.45, 2.75) is 108 Å². The third kappa shape index (κ3) is 12.7. The number of likely N-dealkylation sites (N-methyl/N-ethyl adjacent to an activating group) is 1. The zero-order valence-corrected chi connectivity index (χ0v) is 32.4. The fourth-order valence-electron chi connectivity index (χ4n) is 7.65. The number of benzene rings is 1. The SMILES string of the molecule is CCC(C)C(C(CC(=O)N1CCCC1C(OC)C(C)C(Cc1ccc(NCCC(CCO)CNC)cc1)C(=O)NSC1CC1)OC)N(C)C. The van der Waals surface area contributed by atoms with Crippen LogP contribution < -0.4 is 15.4 Å². The lowest BCUT2D eigenvalue weighted by Gasteiger charge is -2.39. The Labute approximate surface area is 301 Å². The molecule has 1 saturated carbocycles. The Morgan fingerprint density at radius 3 is 2.37 bits per heavy atom. The molecule has 2 fully saturated rings. The van der Waals surface area contributed by atoms with Crippen molar-refractivity contribution in [3.63, 3.8) is 0 Å². The van der Waals surface area contributed by atoms with Crippen molar-refractivity contribution in [1.29, 1.82) is 0 Å². The third-order valence-electron chi connectivity index (χ3n) is 10.8. The Morgan fingerprint density at radius 2 is 1.80 bits per heavy atom. The van der Waals surface area contributed by atoms with Gasteiger partial charge in [0, 0.05) is 56.8 Å². The normalized spacial score (nSPS) is 20.8. The Morgan fingerprint density at radius 1 is 1.08 bits per heavy atom. The maximum atomic E-state index is 14.0. The molecule has 1 aromatic rings. The minimum absolute atomic E-state index is 0.0332. The maximum absolute atomic E-state index is 14.0. The number of anilines is 1. The van der Waals surface area contributed by atoms with Crippen molar-refractivity contribution < 1.29 is 24.2 Å². The lowest BCUT2D eigenvalue weighted by Crippen LogP contribution is -2.51. The van der Waals surface area contributed by atoms with Crippen molar-refractivity contribution >= 4 is 29.4 Å². The van der Waals surface area contributed by atoms with Gasteiger partial charge in [-0.3, -0.25) is 14.3 Å². The van der Waals surface area contributed by atoms with Crippen molar-refractivity contribution in [1.82, 2.24) is 19.8 Å². The lowest BCUT2D eigenvalue weighted by molar-refractivity contribution is -0.140. The summed E-state index contributed by atoms with van der Waals surface area (Å²) >= 11 is 1.55. The monoisotopic (exact) mass is 705 g/mol. The van der Waals surface area contributed by atoms with Crippen LogP contribution in [0.25, 0.3) is 0 Å². The molecule has 0 radical (unpaired) electrons. The van der Waals surface area contributed by atoms with Crippen molar-refractivity contribution in [3.8, 4) is 0 Å². The van der Waals surface area contributed by atoms with Gasteiger partial charge in [-0.05, 0) is 120 Å². The van der Waals surface area contributed by atoms with Crippen LogP contribution in [0.4, 0.5) is 5.69 Å². The number of rotatable bonds is 24. The van der Waals surface area contributed by atoms with E-state index in [0.717, 1.165) is 69.3 Å². The summed E-state index contributed by atoms with van der Waals surface area (Å²) in [5.41, 5.74) is 2.14. The van der Waals surface area contributed by atoms with Crippen molar-refractivity contribution in [2.75, 3.05) is 66.9 Å². The molecule has 3 rings (SSSR count). The zero-order valence-electron chi connectivity index (χ0n) is 31.6. The number of hydrogen-bond donors (Lipinski definition) is 4. The molecule has 2 amide bonds. The van der Waals surface area contributed by atoms with Crippen LogP contribution in [0.2, 0.25) is 0 Å². The lowest BCUT2D eigenvalue weighted by atomic mass is 9.80. The summed E-state index contributed by atoms with van der Waals surface area (Å²) < 4.78 is 15.4. The quantitative estimate of drug-likeness (QED) is 0.113. The second-order valence-electron chi connectivity index (χ2n) is 14.6. The van der Waals surface area contributed by atoms with E-state index in [1.807, 2.05) is 11.9 Å². The van der Waals surface area contributed by atoms with Gasteiger partial charge < -0.3 is 35.0 Å². The highest BCUT2D eigenvalue weighted by Gasteiger charge is 2.43. The Balaban J connectivity index is 1.73. The first-order chi connectivity index (χ1) is 23.6. The van der Waals surface area contributed by atoms with E-state index < -0.39 is 0 Å². The summed E-state index contributed by atoms with van der Waals surface area (Å²) in [7, 11) is 9.51. The van der Waals surface area contributed by atoms with E-state index in [0.29, 0.717) is 36.5 Å². The second kappa shape index (κ2) is 21.5. The minimum atomic E-state index is -0.316. The largest absolute Gasteiger partial charge is 0.396 e. The minimum Gasteiger partial charge on any atom is -0.396 e. The highest BCUT2D eigenvalue weighted by Crippen LogP contribution is 2.35. The number of ether oxygens (including phenoxy) is 2. The average Bonchev–Trinajstić information content (AvgIpc) is 3.80. The molecular weight excluding hydrogens is 639 g/mol. The van der Waals surface area contributed by atoms with Gasteiger partial charge in [0.1, 0.15) is 0 Å². The van der Waals surface area contributed by atoms with E-state index in [4.69, 9.17) is 9.47 Å². The number of hydrogen-bond acceptors (Lipinski definition) is 9. The standard InChI is InChI=1S/C38H67N5O5S/c1-9-26(2)36(42(5)6)34(47-7)24-35(45)43-21-10-11-33(43)37(48-8)27(3)32(38(46)41-49-31-16-17-31)23-28-12-14-30(15-13-28)40-20-18-29(19-22-44)25-39-4/h12-15,26-27,29,31-34,36-37,39-40,44H,9-11,16-25H2,1-8H3,(H,41,46). The molecule has 11 heteroatoms. The highest BCUT2D eigenvalue weighted by molar-refractivity contribution is 7.98. The van der Waals surface area contributed by atoms with E-state index in [-0.39, 0.29) is 54.5 Å². The Hall–Kier alpha value is -1.89. The second-order valence-corrected chi connectivity index (χ2v) is 15.7. The van der Waals surface area contributed by atoms with Crippen LogP contribution in [0.1, 0.15) is 77.7 Å². The van der Waals surface area contributed by atoms with E-state index in [2.05, 4.69) is 79.4 Å². The topological polar surface area (TPSA) is 115 Å². The van der Waals surface area contributed by atoms with Gasteiger partial charge in [-0.1, -0.05) is 39.3 Å². The fraction of sp³-hybridized carbons (Fsp3) is 0.789. The van der Waals surface area contributed by atoms with Crippen LogP contribution in [-0.4, -0.2) is 118 Å². The zero-order chi connectivity index (χ0) is 35.9. The number of aliphatic hydroxyl groups is 1. The summed E-state index contributed by atoms with van der Waals surface area (Å²) in [6, 6.07) is 8.44. The number of methoxy groups -OCH3 is 2. The van der Waals surface area contributed by atoms with Gasteiger partial charge in [-0.15, -0.1) is 0 Å². The number of carbonyl (C=O) groups excluding carboxylic acids is 2. The van der Waals surface area contributed by atoms with Gasteiger partial charge in [0.15, 0.2) is 0 Å². The maximum Gasteiger partial charge on any atom is 0.233 e. The van der Waals surface area contributed by atoms with Gasteiger partial charge >= 0.3 is 0 Å². The summed E-state index contributed by atoms with van der Waals surface area (Å²) in [4.78, 5) is 32.0. The molecular formula is C38H67N5O5S. The van der Waals surface area contributed by atoms with Crippen LogP contribution in [0, 0.1) is 23.7 Å². The summed E-state index contributed by atoms with van der Waals surface area (Å²) in [6.07, 6.45) is 7.26. The van der Waals surface area contributed by atoms with Gasteiger partial charge in [0.25, 0.3) is 0 Å². The Kier molecular flexibility index (Phi) is 18.2. The van der Waals surface area contributed by atoms with Gasteiger partial charge in [0.2, 0.25) is 11.8 Å². The molecule has 0 aromatic heterocycles. The molecule has 2 aliphatic rings. The van der Waals surface area contributed by atoms with Crippen LogP contribution in [0.15, 0.2) is 24.3 Å². The smallest absolute Gasteiger partial charge is 0.233 e. The first-order valence-corrected chi connectivity index (χ1v) is 19.5. The number of carbonyl (C=O) groups is 2. The predicted molar refractivity (Wildman–Crippen MR) is 202 cm³/mol. The van der Waals surface area contributed by atoms with Crippen molar-refractivity contribution in [3.05, 3.63) is 29.8 Å². The average molecular weight is 706 g/mol. The van der Waals surface area contributed by atoms with E-state index in [1.54, 1.807) is 26.2 Å². The first-order valence-electron chi connectivity index (χ1n) is 18.6. The van der Waals surface area contributed by atoms with Gasteiger partial charge in [-0.2, -0.15) is 0 Å².